The zero-order valence-corrected chi connectivity index (χ0v) is 13.0. The first-order valence-electron chi connectivity index (χ1n) is 6.48. The molecule has 2 N–H and O–H groups in total. The standard InChI is InChI=1S/C15H17BrN2S/c16-12-6-13(19-10-12)7-18-8-14(15(17)9-18)11-4-2-1-3-5-11/h1-6,10,14-15H,7-9,17H2/t14-,15+/m0/s1. The molecule has 0 spiro atoms. The van der Waals surface area contributed by atoms with E-state index in [0.717, 1.165) is 19.6 Å². The lowest BCUT2D eigenvalue weighted by Gasteiger charge is -2.15. The van der Waals surface area contributed by atoms with E-state index in [9.17, 15) is 0 Å². The van der Waals surface area contributed by atoms with Crippen LogP contribution < -0.4 is 5.73 Å². The van der Waals surface area contributed by atoms with Gasteiger partial charge < -0.3 is 5.73 Å². The van der Waals surface area contributed by atoms with Crippen molar-refractivity contribution in [3.8, 4) is 0 Å². The van der Waals surface area contributed by atoms with Gasteiger partial charge in [-0.2, -0.15) is 0 Å². The quantitative estimate of drug-likeness (QED) is 0.930. The van der Waals surface area contributed by atoms with Gasteiger partial charge in [-0.25, -0.2) is 0 Å². The number of nitrogens with zero attached hydrogens (tertiary/aromatic N) is 1. The van der Waals surface area contributed by atoms with Crippen LogP contribution in [0.2, 0.25) is 0 Å². The molecule has 0 amide bonds. The Morgan fingerprint density at radius 1 is 1.26 bits per heavy atom. The molecule has 2 aromatic rings. The maximum atomic E-state index is 6.31. The van der Waals surface area contributed by atoms with Crippen LogP contribution in [0.5, 0.6) is 0 Å². The number of likely N-dealkylation sites (tertiary alicyclic amines) is 1. The molecule has 1 aromatic carbocycles. The van der Waals surface area contributed by atoms with Crippen molar-refractivity contribution in [2.75, 3.05) is 13.1 Å². The summed E-state index contributed by atoms with van der Waals surface area (Å²) in [5.41, 5.74) is 7.68. The van der Waals surface area contributed by atoms with Crippen molar-refractivity contribution >= 4 is 27.3 Å². The van der Waals surface area contributed by atoms with Crippen molar-refractivity contribution in [2.24, 2.45) is 5.73 Å². The van der Waals surface area contributed by atoms with E-state index in [0.29, 0.717) is 5.92 Å². The van der Waals surface area contributed by atoms with Crippen LogP contribution in [0, 0.1) is 0 Å². The predicted molar refractivity (Wildman–Crippen MR) is 84.5 cm³/mol. The number of nitrogens with two attached hydrogens (primary N) is 1. The molecule has 1 aliphatic rings. The summed E-state index contributed by atoms with van der Waals surface area (Å²) in [6, 6.07) is 13.1. The Morgan fingerprint density at radius 2 is 2.05 bits per heavy atom. The van der Waals surface area contributed by atoms with Crippen LogP contribution in [0.15, 0.2) is 46.3 Å². The molecule has 2 heterocycles. The van der Waals surface area contributed by atoms with E-state index in [1.165, 1.54) is 14.9 Å². The van der Waals surface area contributed by atoms with Crippen LogP contribution >= 0.6 is 27.3 Å². The van der Waals surface area contributed by atoms with Crippen molar-refractivity contribution in [1.29, 1.82) is 0 Å². The first-order chi connectivity index (χ1) is 9.22. The summed E-state index contributed by atoms with van der Waals surface area (Å²) in [7, 11) is 0. The third-order valence-corrected chi connectivity index (χ3v) is 5.35. The van der Waals surface area contributed by atoms with Gasteiger partial charge in [0.2, 0.25) is 0 Å². The zero-order valence-electron chi connectivity index (χ0n) is 10.6. The highest BCUT2D eigenvalue weighted by Crippen LogP contribution is 2.29. The van der Waals surface area contributed by atoms with Crippen molar-refractivity contribution in [3.05, 3.63) is 56.7 Å². The second kappa shape index (κ2) is 5.75. The van der Waals surface area contributed by atoms with E-state index in [1.807, 2.05) is 0 Å². The van der Waals surface area contributed by atoms with Gasteiger partial charge in [-0.15, -0.1) is 11.3 Å². The van der Waals surface area contributed by atoms with Gasteiger partial charge in [0.05, 0.1) is 0 Å². The van der Waals surface area contributed by atoms with E-state index in [-0.39, 0.29) is 6.04 Å². The lowest BCUT2D eigenvalue weighted by molar-refractivity contribution is 0.326. The summed E-state index contributed by atoms with van der Waals surface area (Å²) >= 11 is 5.31. The van der Waals surface area contributed by atoms with Crippen molar-refractivity contribution in [2.45, 2.75) is 18.5 Å². The molecule has 0 saturated carbocycles. The fourth-order valence-electron chi connectivity index (χ4n) is 2.75. The first-order valence-corrected chi connectivity index (χ1v) is 8.15. The Labute approximate surface area is 126 Å². The third-order valence-electron chi connectivity index (χ3n) is 3.67. The normalized spacial score (nSPS) is 23.9. The molecular formula is C15H17BrN2S. The summed E-state index contributed by atoms with van der Waals surface area (Å²) < 4.78 is 1.18. The number of halogens is 1. The molecule has 0 unspecified atom stereocenters. The summed E-state index contributed by atoms with van der Waals surface area (Å²) in [6.07, 6.45) is 0. The highest BCUT2D eigenvalue weighted by molar-refractivity contribution is 9.10. The summed E-state index contributed by atoms with van der Waals surface area (Å²) in [5, 5.41) is 2.14. The molecule has 0 radical (unpaired) electrons. The molecule has 0 aliphatic carbocycles. The van der Waals surface area contributed by atoms with Crippen molar-refractivity contribution in [1.82, 2.24) is 4.90 Å². The Kier molecular flexibility index (Phi) is 4.03. The number of benzene rings is 1. The first kappa shape index (κ1) is 13.3. The zero-order chi connectivity index (χ0) is 13.2. The lowest BCUT2D eigenvalue weighted by Crippen LogP contribution is -2.28. The average molecular weight is 337 g/mol. The topological polar surface area (TPSA) is 29.3 Å². The number of hydrogen-bond donors (Lipinski definition) is 1. The number of rotatable bonds is 3. The SMILES string of the molecule is N[C@@H]1CN(Cc2cc(Br)cs2)C[C@H]1c1ccccc1. The van der Waals surface area contributed by atoms with Gasteiger partial charge >= 0.3 is 0 Å². The fourth-order valence-corrected chi connectivity index (χ4v) is 4.24. The molecule has 100 valence electrons. The Hall–Kier alpha value is -0.680. The van der Waals surface area contributed by atoms with Crippen LogP contribution in [0.3, 0.4) is 0 Å². The molecule has 1 aromatic heterocycles. The van der Waals surface area contributed by atoms with Crippen LogP contribution in [-0.2, 0) is 6.54 Å². The molecule has 2 nitrogen and oxygen atoms in total. The Morgan fingerprint density at radius 3 is 2.74 bits per heavy atom. The van der Waals surface area contributed by atoms with Crippen LogP contribution in [0.1, 0.15) is 16.4 Å². The van der Waals surface area contributed by atoms with E-state index in [4.69, 9.17) is 5.73 Å². The van der Waals surface area contributed by atoms with Crippen LogP contribution in [0.25, 0.3) is 0 Å². The molecule has 1 aliphatic heterocycles. The highest BCUT2D eigenvalue weighted by Gasteiger charge is 2.31. The molecule has 2 atom stereocenters. The van der Waals surface area contributed by atoms with Crippen LogP contribution in [0.4, 0.5) is 0 Å². The Bertz CT molecular complexity index is 540. The fraction of sp³-hybridized carbons (Fsp3) is 0.333. The molecule has 1 saturated heterocycles. The monoisotopic (exact) mass is 336 g/mol. The molecule has 1 fully saturated rings. The minimum atomic E-state index is 0.241. The van der Waals surface area contributed by atoms with Crippen molar-refractivity contribution in [3.63, 3.8) is 0 Å². The van der Waals surface area contributed by atoms with Gasteiger partial charge in [0.1, 0.15) is 0 Å². The summed E-state index contributed by atoms with van der Waals surface area (Å²) in [4.78, 5) is 3.86. The third kappa shape index (κ3) is 3.08. The summed E-state index contributed by atoms with van der Waals surface area (Å²) in [5.74, 6) is 0.463. The second-order valence-electron chi connectivity index (χ2n) is 5.11. The van der Waals surface area contributed by atoms with Gasteiger partial charge in [-0.3, -0.25) is 4.90 Å². The highest BCUT2D eigenvalue weighted by atomic mass is 79.9. The number of hydrogen-bond acceptors (Lipinski definition) is 3. The predicted octanol–water partition coefficient (Wildman–Crippen LogP) is 3.44. The smallest absolute Gasteiger partial charge is 0.0329 e. The van der Waals surface area contributed by atoms with E-state index < -0.39 is 0 Å². The lowest BCUT2D eigenvalue weighted by atomic mass is 9.95. The summed E-state index contributed by atoms with van der Waals surface area (Å²) in [6.45, 7) is 3.04. The van der Waals surface area contributed by atoms with E-state index in [2.05, 4.69) is 62.6 Å². The van der Waals surface area contributed by atoms with Gasteiger partial charge in [-0.05, 0) is 27.6 Å². The molecule has 19 heavy (non-hydrogen) atoms. The largest absolute Gasteiger partial charge is 0.326 e. The molecule has 0 bridgehead atoms. The van der Waals surface area contributed by atoms with Gasteiger partial charge in [-0.1, -0.05) is 30.3 Å². The Balaban J connectivity index is 1.68. The van der Waals surface area contributed by atoms with E-state index in [1.54, 1.807) is 11.3 Å². The molecule has 3 rings (SSSR count). The second-order valence-corrected chi connectivity index (χ2v) is 7.02. The van der Waals surface area contributed by atoms with Crippen LogP contribution in [-0.4, -0.2) is 24.0 Å². The minimum absolute atomic E-state index is 0.241. The van der Waals surface area contributed by atoms with Crippen molar-refractivity contribution < 1.29 is 0 Å². The average Bonchev–Trinajstić information content (AvgIpc) is 2.97. The van der Waals surface area contributed by atoms with Gasteiger partial charge in [0.25, 0.3) is 0 Å². The molecule has 4 heteroatoms. The van der Waals surface area contributed by atoms with E-state index >= 15 is 0 Å². The van der Waals surface area contributed by atoms with Gasteiger partial charge in [0.15, 0.2) is 0 Å². The van der Waals surface area contributed by atoms with Gasteiger partial charge in [0, 0.05) is 46.3 Å². The maximum absolute atomic E-state index is 6.31. The maximum Gasteiger partial charge on any atom is 0.0329 e. The minimum Gasteiger partial charge on any atom is -0.326 e. The molecular weight excluding hydrogens is 320 g/mol. The number of thiophene rings is 1.